The number of benzene rings is 2. The van der Waals surface area contributed by atoms with E-state index in [1.165, 1.54) is 36.4 Å². The number of carbonyl (C=O) groups is 2. The molecule has 2 aromatic rings. The molecule has 0 heterocycles. The van der Waals surface area contributed by atoms with E-state index in [-0.39, 0.29) is 11.1 Å². The molecular weight excluding hydrogens is 359 g/mol. The van der Waals surface area contributed by atoms with Gasteiger partial charge in [-0.05, 0) is 11.1 Å². The quantitative estimate of drug-likeness (QED) is 0.586. The van der Waals surface area contributed by atoms with Crippen LogP contribution < -0.4 is 0 Å². The van der Waals surface area contributed by atoms with E-state index in [1.807, 2.05) is 0 Å². The first-order chi connectivity index (χ1) is 12.3. The van der Waals surface area contributed by atoms with Gasteiger partial charge in [0, 0.05) is 0 Å². The molecular formula is C18H19O7P. The highest BCUT2D eigenvalue weighted by atomic mass is 31.2. The van der Waals surface area contributed by atoms with Crippen LogP contribution in [0.4, 0.5) is 0 Å². The fourth-order valence-electron chi connectivity index (χ4n) is 3.02. The molecule has 2 unspecified atom stereocenters. The molecule has 0 amide bonds. The lowest BCUT2D eigenvalue weighted by Gasteiger charge is -2.37. The molecule has 26 heavy (non-hydrogen) atoms. The molecule has 2 aromatic carbocycles. The van der Waals surface area contributed by atoms with Gasteiger partial charge in [-0.2, -0.15) is 0 Å². The van der Waals surface area contributed by atoms with Crippen molar-refractivity contribution in [3.05, 3.63) is 71.8 Å². The summed E-state index contributed by atoms with van der Waals surface area (Å²) in [4.78, 5) is 45.9. The van der Waals surface area contributed by atoms with Gasteiger partial charge in [0.2, 0.25) is 5.16 Å². The topological polar surface area (TPSA) is 110 Å². The van der Waals surface area contributed by atoms with Gasteiger partial charge >= 0.3 is 19.5 Å². The van der Waals surface area contributed by atoms with Gasteiger partial charge in [-0.1, -0.05) is 60.7 Å². The number of hydrogen-bond acceptors (Lipinski definition) is 5. The van der Waals surface area contributed by atoms with Crippen molar-refractivity contribution < 1.29 is 33.4 Å². The third-order valence-corrected chi connectivity index (χ3v) is 5.78. The van der Waals surface area contributed by atoms with Crippen LogP contribution in [0.3, 0.4) is 0 Å². The van der Waals surface area contributed by atoms with E-state index in [9.17, 15) is 23.9 Å². The zero-order valence-corrected chi connectivity index (χ0v) is 15.1. The summed E-state index contributed by atoms with van der Waals surface area (Å²) in [7, 11) is -3.17. The number of esters is 2. The highest BCUT2D eigenvalue weighted by Gasteiger charge is 2.64. The Hall–Kier alpha value is -2.47. The highest BCUT2D eigenvalue weighted by Crippen LogP contribution is 2.64. The van der Waals surface area contributed by atoms with Crippen molar-refractivity contribution in [2.75, 3.05) is 14.2 Å². The summed E-state index contributed by atoms with van der Waals surface area (Å²) in [5.41, 5.74) is 0.177. The van der Waals surface area contributed by atoms with Gasteiger partial charge in [0.1, 0.15) is 5.92 Å². The number of methoxy groups -OCH3 is 2. The molecule has 0 aliphatic carbocycles. The minimum absolute atomic E-state index is 0.0422. The smallest absolute Gasteiger partial charge is 0.348 e. The molecule has 2 atom stereocenters. The average molecular weight is 378 g/mol. The fourth-order valence-corrected chi connectivity index (χ4v) is 4.42. The predicted molar refractivity (Wildman–Crippen MR) is 93.4 cm³/mol. The molecule has 0 saturated carbocycles. The molecule has 7 nitrogen and oxygen atoms in total. The van der Waals surface area contributed by atoms with Crippen LogP contribution in [0.1, 0.15) is 17.0 Å². The van der Waals surface area contributed by atoms with Gasteiger partial charge in [0.05, 0.1) is 14.2 Å². The van der Waals surface area contributed by atoms with Crippen molar-refractivity contribution >= 4 is 19.5 Å². The summed E-state index contributed by atoms with van der Waals surface area (Å²) in [6.45, 7) is 0. The Morgan fingerprint density at radius 3 is 1.85 bits per heavy atom. The lowest BCUT2D eigenvalue weighted by Crippen LogP contribution is -2.46. The zero-order valence-electron chi connectivity index (χ0n) is 14.2. The van der Waals surface area contributed by atoms with E-state index in [0.29, 0.717) is 0 Å². The number of ether oxygens (including phenoxy) is 2. The Bertz CT molecular complexity index is 816. The van der Waals surface area contributed by atoms with Gasteiger partial charge in [-0.25, -0.2) is 0 Å². The molecule has 0 aliphatic heterocycles. The van der Waals surface area contributed by atoms with E-state index in [0.717, 1.165) is 14.2 Å². The van der Waals surface area contributed by atoms with Gasteiger partial charge in [-0.3, -0.25) is 14.2 Å². The molecule has 2 rings (SSSR count). The maximum absolute atomic E-state index is 12.8. The van der Waals surface area contributed by atoms with E-state index in [2.05, 4.69) is 0 Å². The Morgan fingerprint density at radius 2 is 1.42 bits per heavy atom. The van der Waals surface area contributed by atoms with Crippen LogP contribution in [0, 0.1) is 0 Å². The number of hydrogen-bond donors (Lipinski definition) is 2. The third kappa shape index (κ3) is 3.29. The number of rotatable bonds is 6. The van der Waals surface area contributed by atoms with Crippen molar-refractivity contribution in [1.82, 2.24) is 0 Å². The summed E-state index contributed by atoms with van der Waals surface area (Å²) in [5.74, 6) is -3.80. The summed E-state index contributed by atoms with van der Waals surface area (Å²) in [5, 5.41) is -2.59. The van der Waals surface area contributed by atoms with Crippen LogP contribution in [-0.4, -0.2) is 35.9 Å². The lowest BCUT2D eigenvalue weighted by atomic mass is 9.80. The Labute approximate surface area is 150 Å². The molecule has 0 fully saturated rings. The molecule has 2 N–H and O–H groups in total. The van der Waals surface area contributed by atoms with E-state index in [1.54, 1.807) is 24.3 Å². The molecule has 0 saturated heterocycles. The van der Waals surface area contributed by atoms with Gasteiger partial charge in [0.15, 0.2) is 0 Å². The third-order valence-electron chi connectivity index (χ3n) is 4.16. The van der Waals surface area contributed by atoms with Crippen LogP contribution in [0.15, 0.2) is 60.7 Å². The standard InChI is InChI=1S/C18H19O7P/c1-24-16(19)15(13-9-5-3-6-10-13)18(17(20)25-2,26(21,22)23)14-11-7-4-8-12-14/h3-12,15H,1-2H3,(H2,21,22,23). The van der Waals surface area contributed by atoms with E-state index < -0.39 is 30.6 Å². The van der Waals surface area contributed by atoms with Gasteiger partial charge in [0.25, 0.3) is 0 Å². The molecule has 0 bridgehead atoms. The molecule has 0 aromatic heterocycles. The summed E-state index contributed by atoms with van der Waals surface area (Å²) in [6.07, 6.45) is 0. The molecule has 0 spiro atoms. The first-order valence-corrected chi connectivity index (χ1v) is 9.24. The van der Waals surface area contributed by atoms with Crippen molar-refractivity contribution in [2.24, 2.45) is 0 Å². The zero-order chi connectivity index (χ0) is 19.4. The molecule has 138 valence electrons. The highest BCUT2D eigenvalue weighted by molar-refractivity contribution is 7.54. The predicted octanol–water partition coefficient (Wildman–Crippen LogP) is 2.19. The van der Waals surface area contributed by atoms with Crippen LogP contribution in [0.2, 0.25) is 0 Å². The van der Waals surface area contributed by atoms with Crippen molar-refractivity contribution in [2.45, 2.75) is 11.1 Å². The first-order valence-electron chi connectivity index (χ1n) is 7.63. The van der Waals surface area contributed by atoms with Crippen LogP contribution in [0.5, 0.6) is 0 Å². The van der Waals surface area contributed by atoms with Gasteiger partial charge in [-0.15, -0.1) is 0 Å². The van der Waals surface area contributed by atoms with Crippen LogP contribution >= 0.6 is 7.60 Å². The maximum Gasteiger partial charge on any atom is 0.348 e. The maximum atomic E-state index is 12.8. The average Bonchev–Trinajstić information content (AvgIpc) is 2.65. The van der Waals surface area contributed by atoms with E-state index >= 15 is 0 Å². The lowest BCUT2D eigenvalue weighted by molar-refractivity contribution is -0.153. The first kappa shape index (κ1) is 19.8. The van der Waals surface area contributed by atoms with Crippen LogP contribution in [-0.2, 0) is 28.8 Å². The summed E-state index contributed by atoms with van der Waals surface area (Å²) in [6, 6.07) is 15.3. The molecule has 0 aliphatic rings. The summed E-state index contributed by atoms with van der Waals surface area (Å²) >= 11 is 0. The van der Waals surface area contributed by atoms with E-state index in [4.69, 9.17) is 9.47 Å². The SMILES string of the molecule is COC(=O)C(c1ccccc1)C(C(=O)OC)(c1ccccc1)P(=O)(O)O. The second-order valence-electron chi connectivity index (χ2n) is 5.53. The van der Waals surface area contributed by atoms with Crippen molar-refractivity contribution in [1.29, 1.82) is 0 Å². The minimum atomic E-state index is -5.27. The largest absolute Gasteiger partial charge is 0.468 e. The Balaban J connectivity index is 2.94. The second kappa shape index (κ2) is 7.83. The second-order valence-corrected chi connectivity index (χ2v) is 7.33. The molecule has 8 heteroatoms. The number of carbonyl (C=O) groups excluding carboxylic acids is 2. The Kier molecular flexibility index (Phi) is 5.97. The minimum Gasteiger partial charge on any atom is -0.468 e. The van der Waals surface area contributed by atoms with Crippen LogP contribution in [0.25, 0.3) is 0 Å². The Morgan fingerprint density at radius 1 is 0.923 bits per heavy atom. The van der Waals surface area contributed by atoms with Crippen molar-refractivity contribution in [3.8, 4) is 0 Å². The fraction of sp³-hybridized carbons (Fsp3) is 0.222. The summed E-state index contributed by atoms with van der Waals surface area (Å²) < 4.78 is 22.2. The van der Waals surface area contributed by atoms with Gasteiger partial charge < -0.3 is 19.3 Å². The molecule has 0 radical (unpaired) electrons. The normalized spacial score (nSPS) is 14.8. The monoisotopic (exact) mass is 378 g/mol. The van der Waals surface area contributed by atoms with Crippen molar-refractivity contribution in [3.63, 3.8) is 0 Å².